The maximum atomic E-state index is 11.7. The number of carbonyl (C=O) groups is 1. The molecular formula is C10H18ClNO2. The molecule has 82 valence electrons. The SMILES string of the molecule is CC(C)(CCl)NC(=O)C1CCCOC1. The molecule has 1 aliphatic rings. The number of nitrogens with one attached hydrogen (secondary N) is 1. The van der Waals surface area contributed by atoms with E-state index in [1.54, 1.807) is 0 Å². The summed E-state index contributed by atoms with van der Waals surface area (Å²) in [6.45, 7) is 5.16. The maximum Gasteiger partial charge on any atom is 0.225 e. The lowest BCUT2D eigenvalue weighted by Crippen LogP contribution is -2.48. The number of alkyl halides is 1. The number of halogens is 1. The maximum absolute atomic E-state index is 11.7. The molecule has 0 bridgehead atoms. The van der Waals surface area contributed by atoms with Gasteiger partial charge in [0.05, 0.1) is 12.5 Å². The zero-order valence-electron chi connectivity index (χ0n) is 8.81. The Balaban J connectivity index is 2.40. The average molecular weight is 220 g/mol. The smallest absolute Gasteiger partial charge is 0.225 e. The summed E-state index contributed by atoms with van der Waals surface area (Å²) in [7, 11) is 0. The Morgan fingerprint density at radius 1 is 1.64 bits per heavy atom. The summed E-state index contributed by atoms with van der Waals surface area (Å²) in [5.41, 5.74) is -0.323. The summed E-state index contributed by atoms with van der Waals surface area (Å²) in [5.74, 6) is 0.494. The summed E-state index contributed by atoms with van der Waals surface area (Å²) in [6, 6.07) is 0. The van der Waals surface area contributed by atoms with Crippen LogP contribution in [0.2, 0.25) is 0 Å². The van der Waals surface area contributed by atoms with Gasteiger partial charge in [0, 0.05) is 18.0 Å². The molecule has 1 amide bonds. The predicted octanol–water partition coefficient (Wildman–Crippen LogP) is 1.55. The molecule has 3 nitrogen and oxygen atoms in total. The van der Waals surface area contributed by atoms with Gasteiger partial charge in [-0.1, -0.05) is 0 Å². The lowest BCUT2D eigenvalue weighted by atomic mass is 9.99. The molecule has 14 heavy (non-hydrogen) atoms. The highest BCUT2D eigenvalue weighted by Crippen LogP contribution is 2.15. The van der Waals surface area contributed by atoms with E-state index in [4.69, 9.17) is 16.3 Å². The number of hydrogen-bond donors (Lipinski definition) is 1. The predicted molar refractivity (Wildman–Crippen MR) is 56.5 cm³/mol. The monoisotopic (exact) mass is 219 g/mol. The molecule has 1 fully saturated rings. The highest BCUT2D eigenvalue weighted by atomic mass is 35.5. The van der Waals surface area contributed by atoms with E-state index in [1.165, 1.54) is 0 Å². The molecule has 0 spiro atoms. The molecule has 1 aliphatic heterocycles. The molecular weight excluding hydrogens is 202 g/mol. The summed E-state index contributed by atoms with van der Waals surface area (Å²) >= 11 is 5.73. The van der Waals surface area contributed by atoms with Gasteiger partial charge in [-0.25, -0.2) is 0 Å². The van der Waals surface area contributed by atoms with Crippen molar-refractivity contribution in [2.45, 2.75) is 32.2 Å². The van der Waals surface area contributed by atoms with Crippen molar-refractivity contribution in [3.8, 4) is 0 Å². The first-order chi connectivity index (χ1) is 6.55. The van der Waals surface area contributed by atoms with Gasteiger partial charge in [-0.05, 0) is 26.7 Å². The van der Waals surface area contributed by atoms with Gasteiger partial charge in [-0.2, -0.15) is 0 Å². The van der Waals surface area contributed by atoms with Gasteiger partial charge in [0.25, 0.3) is 0 Å². The number of rotatable bonds is 3. The molecule has 0 saturated carbocycles. The fourth-order valence-corrected chi connectivity index (χ4v) is 1.48. The molecule has 4 heteroatoms. The second-order valence-corrected chi connectivity index (χ2v) is 4.69. The first-order valence-electron chi connectivity index (χ1n) is 5.01. The van der Waals surface area contributed by atoms with Crippen LogP contribution in [0.4, 0.5) is 0 Å². The molecule has 0 radical (unpaired) electrons. The molecule has 0 aromatic rings. The lowest BCUT2D eigenvalue weighted by Gasteiger charge is -2.28. The van der Waals surface area contributed by atoms with Gasteiger partial charge in [0.1, 0.15) is 0 Å². The van der Waals surface area contributed by atoms with Crippen molar-refractivity contribution in [2.24, 2.45) is 5.92 Å². The van der Waals surface area contributed by atoms with Crippen molar-refractivity contribution >= 4 is 17.5 Å². The quantitative estimate of drug-likeness (QED) is 0.732. The second kappa shape index (κ2) is 4.99. The van der Waals surface area contributed by atoms with Gasteiger partial charge in [0.2, 0.25) is 5.91 Å². The van der Waals surface area contributed by atoms with E-state index in [0.717, 1.165) is 19.4 Å². The van der Waals surface area contributed by atoms with Crippen LogP contribution in [0.15, 0.2) is 0 Å². The third-order valence-electron chi connectivity index (χ3n) is 2.33. The van der Waals surface area contributed by atoms with Crippen LogP contribution >= 0.6 is 11.6 Å². The zero-order valence-corrected chi connectivity index (χ0v) is 9.56. The topological polar surface area (TPSA) is 38.3 Å². The van der Waals surface area contributed by atoms with Gasteiger partial charge < -0.3 is 10.1 Å². The summed E-state index contributed by atoms with van der Waals surface area (Å²) < 4.78 is 5.26. The summed E-state index contributed by atoms with van der Waals surface area (Å²) in [4.78, 5) is 11.7. The fraction of sp³-hybridized carbons (Fsp3) is 0.900. The highest BCUT2D eigenvalue weighted by Gasteiger charge is 2.26. The van der Waals surface area contributed by atoms with E-state index >= 15 is 0 Å². The average Bonchev–Trinajstić information content (AvgIpc) is 2.19. The minimum absolute atomic E-state index is 0.00578. The molecule has 1 N–H and O–H groups in total. The van der Waals surface area contributed by atoms with Crippen molar-refractivity contribution in [3.05, 3.63) is 0 Å². The van der Waals surface area contributed by atoms with Crippen LogP contribution in [0.5, 0.6) is 0 Å². The zero-order chi connectivity index (χ0) is 10.6. The Morgan fingerprint density at radius 2 is 2.36 bits per heavy atom. The molecule has 1 heterocycles. The van der Waals surface area contributed by atoms with Crippen LogP contribution in [-0.2, 0) is 9.53 Å². The first kappa shape index (κ1) is 11.8. The fourth-order valence-electron chi connectivity index (χ4n) is 1.42. The Labute approximate surface area is 90.1 Å². The molecule has 0 aromatic carbocycles. The van der Waals surface area contributed by atoms with Crippen LogP contribution in [0.25, 0.3) is 0 Å². The van der Waals surface area contributed by atoms with E-state index in [0.29, 0.717) is 12.5 Å². The van der Waals surface area contributed by atoms with E-state index in [-0.39, 0.29) is 17.4 Å². The number of carbonyl (C=O) groups excluding carboxylic acids is 1. The van der Waals surface area contributed by atoms with E-state index < -0.39 is 0 Å². The van der Waals surface area contributed by atoms with Crippen molar-refractivity contribution in [1.82, 2.24) is 5.32 Å². The number of hydrogen-bond acceptors (Lipinski definition) is 2. The normalized spacial score (nSPS) is 23.2. The van der Waals surface area contributed by atoms with Gasteiger partial charge in [-0.15, -0.1) is 11.6 Å². The number of amides is 1. The van der Waals surface area contributed by atoms with E-state index in [1.807, 2.05) is 13.8 Å². The van der Waals surface area contributed by atoms with Gasteiger partial charge >= 0.3 is 0 Å². The van der Waals surface area contributed by atoms with Crippen LogP contribution in [0, 0.1) is 5.92 Å². The van der Waals surface area contributed by atoms with Crippen LogP contribution in [0.1, 0.15) is 26.7 Å². The van der Waals surface area contributed by atoms with Crippen LogP contribution in [0.3, 0.4) is 0 Å². The van der Waals surface area contributed by atoms with Crippen molar-refractivity contribution in [3.63, 3.8) is 0 Å². The first-order valence-corrected chi connectivity index (χ1v) is 5.54. The molecule has 1 rings (SSSR count). The third-order valence-corrected chi connectivity index (χ3v) is 2.99. The van der Waals surface area contributed by atoms with E-state index in [9.17, 15) is 4.79 Å². The van der Waals surface area contributed by atoms with Crippen molar-refractivity contribution < 1.29 is 9.53 Å². The Morgan fingerprint density at radius 3 is 2.86 bits per heavy atom. The molecule has 1 atom stereocenters. The standard InChI is InChI=1S/C10H18ClNO2/c1-10(2,7-11)12-9(13)8-4-3-5-14-6-8/h8H,3-7H2,1-2H3,(H,12,13). The van der Waals surface area contributed by atoms with Crippen LogP contribution < -0.4 is 5.32 Å². The Kier molecular flexibility index (Phi) is 4.20. The summed E-state index contributed by atoms with van der Waals surface area (Å²) in [6.07, 6.45) is 1.89. The van der Waals surface area contributed by atoms with Crippen molar-refractivity contribution in [1.29, 1.82) is 0 Å². The minimum Gasteiger partial charge on any atom is -0.381 e. The molecule has 0 aromatic heterocycles. The van der Waals surface area contributed by atoms with Gasteiger partial charge in [-0.3, -0.25) is 4.79 Å². The Hall–Kier alpha value is -0.280. The summed E-state index contributed by atoms with van der Waals surface area (Å²) in [5, 5.41) is 2.92. The lowest BCUT2D eigenvalue weighted by molar-refractivity contribution is -0.130. The van der Waals surface area contributed by atoms with E-state index in [2.05, 4.69) is 5.32 Å². The second-order valence-electron chi connectivity index (χ2n) is 4.42. The largest absolute Gasteiger partial charge is 0.381 e. The number of ether oxygens (including phenoxy) is 1. The highest BCUT2D eigenvalue weighted by molar-refractivity contribution is 6.18. The van der Waals surface area contributed by atoms with Crippen LogP contribution in [-0.4, -0.2) is 30.5 Å². The Bertz CT molecular complexity index is 200. The molecule has 1 unspecified atom stereocenters. The molecule has 1 saturated heterocycles. The van der Waals surface area contributed by atoms with Crippen molar-refractivity contribution in [2.75, 3.05) is 19.1 Å². The third kappa shape index (κ3) is 3.46. The minimum atomic E-state index is -0.323. The molecule has 0 aliphatic carbocycles. The van der Waals surface area contributed by atoms with Gasteiger partial charge in [0.15, 0.2) is 0 Å².